The van der Waals surface area contributed by atoms with Crippen LogP contribution in [0.15, 0.2) is 12.3 Å². The number of hydrogen-bond donors (Lipinski definition) is 1. The first kappa shape index (κ1) is 14.2. The molecular formula is C13H16N4O3. The van der Waals surface area contributed by atoms with Crippen LogP contribution >= 0.6 is 0 Å². The minimum Gasteiger partial charge on any atom is -0.390 e. The fourth-order valence-corrected chi connectivity index (χ4v) is 2.36. The summed E-state index contributed by atoms with van der Waals surface area (Å²) >= 11 is 0. The third kappa shape index (κ3) is 3.03. The van der Waals surface area contributed by atoms with Crippen molar-refractivity contribution < 1.29 is 10.0 Å². The molecule has 106 valence electrons. The van der Waals surface area contributed by atoms with Gasteiger partial charge in [-0.1, -0.05) is 0 Å². The van der Waals surface area contributed by atoms with Gasteiger partial charge in [-0.25, -0.2) is 4.98 Å². The largest absolute Gasteiger partial charge is 0.390 e. The second kappa shape index (κ2) is 5.43. The average molecular weight is 276 g/mol. The quantitative estimate of drug-likeness (QED) is 0.650. The van der Waals surface area contributed by atoms with E-state index in [-0.39, 0.29) is 11.3 Å². The minimum absolute atomic E-state index is 0.188. The molecule has 2 rings (SSSR count). The van der Waals surface area contributed by atoms with E-state index >= 15 is 0 Å². The predicted molar refractivity (Wildman–Crippen MR) is 72.3 cm³/mol. The van der Waals surface area contributed by atoms with E-state index in [2.05, 4.69) is 4.98 Å². The molecule has 20 heavy (non-hydrogen) atoms. The van der Waals surface area contributed by atoms with Gasteiger partial charge in [-0.2, -0.15) is 5.26 Å². The Kier molecular flexibility index (Phi) is 3.86. The molecule has 1 aliphatic heterocycles. The van der Waals surface area contributed by atoms with Crippen molar-refractivity contribution in [1.82, 2.24) is 4.98 Å². The van der Waals surface area contributed by atoms with E-state index in [9.17, 15) is 15.2 Å². The number of aliphatic hydroxyl groups is 1. The van der Waals surface area contributed by atoms with Crippen LogP contribution in [0.5, 0.6) is 0 Å². The summed E-state index contributed by atoms with van der Waals surface area (Å²) in [5, 5.41) is 29.9. The molecule has 0 aromatic carbocycles. The van der Waals surface area contributed by atoms with Crippen LogP contribution in [-0.2, 0) is 0 Å². The molecule has 0 aliphatic carbocycles. The number of nitriles is 1. The maximum Gasteiger partial charge on any atom is 0.289 e. The second-order valence-corrected chi connectivity index (χ2v) is 5.27. The molecule has 0 radical (unpaired) electrons. The standard InChI is InChI=1S/C13H16N4O3/c1-13(18)3-2-5-16(6-4-13)12-10(8-14)7-11(9-15-12)17(19)20/h7,9,18H,2-6H2,1H3. The van der Waals surface area contributed by atoms with Crippen LogP contribution in [0.25, 0.3) is 0 Å². The second-order valence-electron chi connectivity index (χ2n) is 5.27. The zero-order valence-electron chi connectivity index (χ0n) is 11.2. The van der Waals surface area contributed by atoms with Crippen molar-refractivity contribution in [2.24, 2.45) is 0 Å². The lowest BCUT2D eigenvalue weighted by Gasteiger charge is -2.23. The summed E-state index contributed by atoms with van der Waals surface area (Å²) in [6, 6.07) is 3.20. The SMILES string of the molecule is CC1(O)CCCN(c2ncc([N+](=O)[O-])cc2C#N)CC1. The zero-order chi connectivity index (χ0) is 14.8. The van der Waals surface area contributed by atoms with Crippen molar-refractivity contribution in [2.45, 2.75) is 31.8 Å². The number of pyridine rings is 1. The average Bonchev–Trinajstić information content (AvgIpc) is 2.59. The first-order chi connectivity index (χ1) is 9.43. The summed E-state index contributed by atoms with van der Waals surface area (Å²) in [6.07, 6.45) is 3.23. The molecule has 2 heterocycles. The first-order valence-electron chi connectivity index (χ1n) is 6.45. The van der Waals surface area contributed by atoms with E-state index in [1.54, 1.807) is 6.92 Å². The van der Waals surface area contributed by atoms with Crippen LogP contribution in [0.4, 0.5) is 11.5 Å². The van der Waals surface area contributed by atoms with Crippen LogP contribution in [0.1, 0.15) is 31.7 Å². The fourth-order valence-electron chi connectivity index (χ4n) is 2.36. The summed E-state index contributed by atoms with van der Waals surface area (Å²) in [5.74, 6) is 0.454. The Morgan fingerprint density at radius 1 is 1.55 bits per heavy atom. The highest BCUT2D eigenvalue weighted by molar-refractivity contribution is 5.57. The van der Waals surface area contributed by atoms with Crippen molar-refractivity contribution in [3.8, 4) is 6.07 Å². The van der Waals surface area contributed by atoms with Gasteiger partial charge in [0.1, 0.15) is 23.6 Å². The van der Waals surface area contributed by atoms with Crippen LogP contribution in [0.3, 0.4) is 0 Å². The van der Waals surface area contributed by atoms with Gasteiger partial charge in [0.05, 0.1) is 10.5 Å². The lowest BCUT2D eigenvalue weighted by atomic mass is 9.98. The maximum absolute atomic E-state index is 10.7. The highest BCUT2D eigenvalue weighted by Crippen LogP contribution is 2.27. The maximum atomic E-state index is 10.7. The summed E-state index contributed by atoms with van der Waals surface area (Å²) in [5.41, 5.74) is -0.699. The molecule has 1 aliphatic rings. The third-order valence-corrected chi connectivity index (χ3v) is 3.55. The topological polar surface area (TPSA) is 103 Å². The number of anilines is 1. The number of aromatic nitrogens is 1. The van der Waals surface area contributed by atoms with Gasteiger partial charge in [0.15, 0.2) is 0 Å². The Morgan fingerprint density at radius 3 is 2.95 bits per heavy atom. The van der Waals surface area contributed by atoms with Gasteiger partial charge in [-0.05, 0) is 26.2 Å². The van der Waals surface area contributed by atoms with Crippen molar-refractivity contribution in [3.63, 3.8) is 0 Å². The van der Waals surface area contributed by atoms with E-state index in [1.807, 2.05) is 11.0 Å². The lowest BCUT2D eigenvalue weighted by Crippen LogP contribution is -2.29. The van der Waals surface area contributed by atoms with E-state index in [0.717, 1.165) is 6.42 Å². The molecule has 1 aromatic heterocycles. The molecule has 1 fully saturated rings. The summed E-state index contributed by atoms with van der Waals surface area (Å²) < 4.78 is 0. The van der Waals surface area contributed by atoms with Gasteiger partial charge < -0.3 is 10.0 Å². The molecule has 1 N–H and O–H groups in total. The van der Waals surface area contributed by atoms with Gasteiger partial charge in [-0.15, -0.1) is 0 Å². The molecule has 7 heteroatoms. The predicted octanol–water partition coefficient (Wildman–Crippen LogP) is 1.60. The van der Waals surface area contributed by atoms with Gasteiger partial charge in [0.2, 0.25) is 0 Å². The molecule has 0 saturated carbocycles. The lowest BCUT2D eigenvalue weighted by molar-refractivity contribution is -0.385. The molecular weight excluding hydrogens is 260 g/mol. The van der Waals surface area contributed by atoms with Crippen molar-refractivity contribution in [1.29, 1.82) is 5.26 Å². The summed E-state index contributed by atoms with van der Waals surface area (Å²) in [7, 11) is 0. The Labute approximate surface area is 116 Å². The van der Waals surface area contributed by atoms with Gasteiger partial charge >= 0.3 is 0 Å². The van der Waals surface area contributed by atoms with E-state index in [4.69, 9.17) is 5.26 Å². The molecule has 1 unspecified atom stereocenters. The zero-order valence-corrected chi connectivity index (χ0v) is 11.2. The third-order valence-electron chi connectivity index (χ3n) is 3.55. The monoisotopic (exact) mass is 276 g/mol. The van der Waals surface area contributed by atoms with E-state index < -0.39 is 10.5 Å². The molecule has 0 spiro atoms. The molecule has 0 amide bonds. The molecule has 7 nitrogen and oxygen atoms in total. The highest BCUT2D eigenvalue weighted by atomic mass is 16.6. The van der Waals surface area contributed by atoms with Crippen molar-refractivity contribution in [2.75, 3.05) is 18.0 Å². The Balaban J connectivity index is 2.29. The highest BCUT2D eigenvalue weighted by Gasteiger charge is 2.27. The molecule has 1 saturated heterocycles. The number of hydrogen-bond acceptors (Lipinski definition) is 6. The van der Waals surface area contributed by atoms with Crippen LogP contribution in [0.2, 0.25) is 0 Å². The van der Waals surface area contributed by atoms with Gasteiger partial charge in [-0.3, -0.25) is 10.1 Å². The van der Waals surface area contributed by atoms with Crippen molar-refractivity contribution >= 4 is 11.5 Å². The molecule has 1 aromatic rings. The molecule has 0 bridgehead atoms. The first-order valence-corrected chi connectivity index (χ1v) is 6.45. The fraction of sp³-hybridized carbons (Fsp3) is 0.538. The summed E-state index contributed by atoms with van der Waals surface area (Å²) in [6.45, 7) is 3.05. The number of nitro groups is 1. The van der Waals surface area contributed by atoms with Crippen LogP contribution in [-0.4, -0.2) is 33.7 Å². The van der Waals surface area contributed by atoms with E-state index in [0.29, 0.717) is 31.7 Å². The Morgan fingerprint density at radius 2 is 2.30 bits per heavy atom. The van der Waals surface area contributed by atoms with Crippen LogP contribution < -0.4 is 4.90 Å². The number of rotatable bonds is 2. The van der Waals surface area contributed by atoms with Crippen LogP contribution in [0, 0.1) is 21.4 Å². The Bertz CT molecular complexity index is 565. The normalized spacial score (nSPS) is 22.9. The van der Waals surface area contributed by atoms with Gasteiger partial charge in [0, 0.05) is 19.2 Å². The minimum atomic E-state index is -0.706. The molecule has 1 atom stereocenters. The summed E-state index contributed by atoms with van der Waals surface area (Å²) in [4.78, 5) is 16.1. The smallest absolute Gasteiger partial charge is 0.289 e. The Hall–Kier alpha value is -2.20. The van der Waals surface area contributed by atoms with Crippen molar-refractivity contribution in [3.05, 3.63) is 27.9 Å². The van der Waals surface area contributed by atoms with E-state index in [1.165, 1.54) is 12.3 Å². The number of nitrogens with zero attached hydrogens (tertiary/aromatic N) is 4. The van der Waals surface area contributed by atoms with Gasteiger partial charge in [0.25, 0.3) is 5.69 Å².